The van der Waals surface area contributed by atoms with Gasteiger partial charge in [0.1, 0.15) is 11.8 Å². The van der Waals surface area contributed by atoms with Crippen LogP contribution in [-0.4, -0.2) is 29.1 Å². The molecule has 5 nitrogen and oxygen atoms in total. The maximum atomic E-state index is 11.9. The summed E-state index contributed by atoms with van der Waals surface area (Å²) in [5.41, 5.74) is 0. The summed E-state index contributed by atoms with van der Waals surface area (Å²) in [6.45, 7) is 3.16. The Morgan fingerprint density at radius 3 is 2.58 bits per heavy atom. The summed E-state index contributed by atoms with van der Waals surface area (Å²) in [6.07, 6.45) is -0.370. The van der Waals surface area contributed by atoms with Gasteiger partial charge in [-0.05, 0) is 25.5 Å². The van der Waals surface area contributed by atoms with Crippen molar-refractivity contribution in [2.45, 2.75) is 32.4 Å². The molecule has 2 N–H and O–H groups in total. The second-order valence-electron chi connectivity index (χ2n) is 4.01. The number of benzene rings is 1. The molecule has 19 heavy (non-hydrogen) atoms. The van der Waals surface area contributed by atoms with Crippen LogP contribution in [-0.2, 0) is 9.59 Å². The summed E-state index contributed by atoms with van der Waals surface area (Å²) in [7, 11) is 0. The van der Waals surface area contributed by atoms with Crippen molar-refractivity contribution >= 4 is 23.5 Å². The maximum absolute atomic E-state index is 11.9. The highest BCUT2D eigenvalue weighted by Gasteiger charge is 2.23. The third-order valence-corrected chi connectivity index (χ3v) is 2.81. The van der Waals surface area contributed by atoms with E-state index in [9.17, 15) is 9.59 Å². The zero-order valence-electron chi connectivity index (χ0n) is 10.7. The van der Waals surface area contributed by atoms with E-state index >= 15 is 0 Å². The molecular weight excluding hydrogens is 270 g/mol. The van der Waals surface area contributed by atoms with Crippen LogP contribution < -0.4 is 10.1 Å². The van der Waals surface area contributed by atoms with Crippen molar-refractivity contribution in [2.24, 2.45) is 0 Å². The molecule has 0 spiro atoms. The average molecular weight is 286 g/mol. The number of rotatable bonds is 6. The molecule has 0 heterocycles. The Balaban J connectivity index is 2.71. The SMILES string of the molecule is CCC(Oc1ccccc1Cl)C(=O)N[C@H](C)C(=O)O. The number of amides is 1. The van der Waals surface area contributed by atoms with Gasteiger partial charge in [0.05, 0.1) is 5.02 Å². The largest absolute Gasteiger partial charge is 0.480 e. The Kier molecular flexibility index (Phi) is 5.63. The van der Waals surface area contributed by atoms with Crippen LogP contribution in [0.15, 0.2) is 24.3 Å². The van der Waals surface area contributed by atoms with Crippen LogP contribution in [0.4, 0.5) is 0 Å². The minimum atomic E-state index is -1.10. The maximum Gasteiger partial charge on any atom is 0.325 e. The van der Waals surface area contributed by atoms with Crippen LogP contribution in [0.25, 0.3) is 0 Å². The first-order valence-electron chi connectivity index (χ1n) is 5.90. The molecule has 0 saturated heterocycles. The van der Waals surface area contributed by atoms with Gasteiger partial charge < -0.3 is 15.2 Å². The van der Waals surface area contributed by atoms with Gasteiger partial charge in [0.2, 0.25) is 0 Å². The van der Waals surface area contributed by atoms with E-state index in [-0.39, 0.29) is 0 Å². The predicted octanol–water partition coefficient (Wildman–Crippen LogP) is 2.09. The Bertz CT molecular complexity index is 464. The molecule has 6 heteroatoms. The van der Waals surface area contributed by atoms with Crippen molar-refractivity contribution in [3.8, 4) is 5.75 Å². The van der Waals surface area contributed by atoms with E-state index in [1.165, 1.54) is 6.92 Å². The van der Waals surface area contributed by atoms with Crippen molar-refractivity contribution in [3.63, 3.8) is 0 Å². The summed E-state index contributed by atoms with van der Waals surface area (Å²) in [5, 5.41) is 11.5. The Morgan fingerprint density at radius 2 is 2.05 bits per heavy atom. The van der Waals surface area contributed by atoms with Gasteiger partial charge in [-0.15, -0.1) is 0 Å². The predicted molar refractivity (Wildman–Crippen MR) is 71.4 cm³/mol. The number of halogens is 1. The summed E-state index contributed by atoms with van der Waals surface area (Å²) in [5.74, 6) is -1.17. The van der Waals surface area contributed by atoms with Gasteiger partial charge in [-0.25, -0.2) is 0 Å². The molecule has 1 rings (SSSR count). The lowest BCUT2D eigenvalue weighted by Gasteiger charge is -2.19. The summed E-state index contributed by atoms with van der Waals surface area (Å²) in [4.78, 5) is 22.5. The van der Waals surface area contributed by atoms with Gasteiger partial charge in [0.15, 0.2) is 6.10 Å². The number of carboxylic acid groups (broad SMARTS) is 1. The Hall–Kier alpha value is -1.75. The minimum Gasteiger partial charge on any atom is -0.480 e. The summed E-state index contributed by atoms with van der Waals surface area (Å²) < 4.78 is 5.50. The number of carboxylic acids is 1. The molecule has 0 radical (unpaired) electrons. The molecule has 0 aliphatic carbocycles. The van der Waals surface area contributed by atoms with Crippen LogP contribution in [0.3, 0.4) is 0 Å². The fraction of sp³-hybridized carbons (Fsp3) is 0.385. The van der Waals surface area contributed by atoms with E-state index in [1.807, 2.05) is 0 Å². The minimum absolute atomic E-state index is 0.397. The third kappa shape index (κ3) is 4.44. The van der Waals surface area contributed by atoms with Gasteiger partial charge in [0.25, 0.3) is 5.91 Å². The van der Waals surface area contributed by atoms with Gasteiger partial charge in [-0.1, -0.05) is 30.7 Å². The smallest absolute Gasteiger partial charge is 0.325 e. The van der Waals surface area contributed by atoms with Gasteiger partial charge >= 0.3 is 5.97 Å². The number of nitrogens with one attached hydrogen (secondary N) is 1. The van der Waals surface area contributed by atoms with E-state index < -0.39 is 24.0 Å². The lowest BCUT2D eigenvalue weighted by Crippen LogP contribution is -2.45. The highest BCUT2D eigenvalue weighted by atomic mass is 35.5. The fourth-order valence-corrected chi connectivity index (χ4v) is 1.56. The standard InChI is InChI=1S/C13H16ClNO4/c1-3-10(12(16)15-8(2)13(17)18)19-11-7-5-4-6-9(11)14/h4-8,10H,3H2,1-2H3,(H,15,16)(H,17,18)/t8-,10?/m1/s1. The van der Waals surface area contributed by atoms with Crippen LogP contribution in [0.5, 0.6) is 5.75 Å². The first kappa shape index (κ1) is 15.3. The molecule has 1 unspecified atom stereocenters. The van der Waals surface area contributed by atoms with Gasteiger partial charge in [-0.2, -0.15) is 0 Å². The number of carbonyl (C=O) groups is 2. The lowest BCUT2D eigenvalue weighted by molar-refractivity contribution is -0.142. The van der Waals surface area contributed by atoms with E-state index in [0.717, 1.165) is 0 Å². The lowest BCUT2D eigenvalue weighted by atomic mass is 10.2. The third-order valence-electron chi connectivity index (χ3n) is 2.50. The van der Waals surface area contributed by atoms with E-state index in [4.69, 9.17) is 21.4 Å². The quantitative estimate of drug-likeness (QED) is 0.839. The Morgan fingerprint density at radius 1 is 1.42 bits per heavy atom. The van der Waals surface area contributed by atoms with Crippen molar-refractivity contribution in [1.82, 2.24) is 5.32 Å². The molecule has 0 bridgehead atoms. The monoisotopic (exact) mass is 285 g/mol. The number of ether oxygens (including phenoxy) is 1. The van der Waals surface area contributed by atoms with Gasteiger partial charge in [-0.3, -0.25) is 9.59 Å². The van der Waals surface area contributed by atoms with E-state index in [1.54, 1.807) is 31.2 Å². The molecule has 0 fully saturated rings. The van der Waals surface area contributed by atoms with E-state index in [0.29, 0.717) is 17.2 Å². The highest BCUT2D eigenvalue weighted by Crippen LogP contribution is 2.24. The van der Waals surface area contributed by atoms with Crippen LogP contribution in [0.2, 0.25) is 5.02 Å². The molecule has 0 aromatic heterocycles. The Labute approximate surface area is 116 Å². The van der Waals surface area contributed by atoms with Crippen molar-refractivity contribution in [3.05, 3.63) is 29.3 Å². The van der Waals surface area contributed by atoms with Crippen molar-refractivity contribution in [2.75, 3.05) is 0 Å². The topological polar surface area (TPSA) is 75.6 Å². The molecule has 104 valence electrons. The summed E-state index contributed by atoms with van der Waals surface area (Å²) >= 11 is 5.94. The van der Waals surface area contributed by atoms with Crippen molar-refractivity contribution < 1.29 is 19.4 Å². The summed E-state index contributed by atoms with van der Waals surface area (Å²) in [6, 6.07) is 5.84. The second-order valence-corrected chi connectivity index (χ2v) is 4.42. The van der Waals surface area contributed by atoms with Crippen LogP contribution in [0.1, 0.15) is 20.3 Å². The number of para-hydroxylation sites is 1. The first-order valence-corrected chi connectivity index (χ1v) is 6.27. The van der Waals surface area contributed by atoms with E-state index in [2.05, 4.69) is 5.32 Å². The number of hydrogen-bond donors (Lipinski definition) is 2. The molecule has 0 aliphatic rings. The first-order chi connectivity index (χ1) is 8.95. The fourth-order valence-electron chi connectivity index (χ4n) is 1.38. The van der Waals surface area contributed by atoms with Crippen LogP contribution >= 0.6 is 11.6 Å². The number of carbonyl (C=O) groups excluding carboxylic acids is 1. The second kappa shape index (κ2) is 6.99. The molecule has 0 aliphatic heterocycles. The van der Waals surface area contributed by atoms with Gasteiger partial charge in [0, 0.05) is 0 Å². The zero-order chi connectivity index (χ0) is 14.4. The molecule has 0 saturated carbocycles. The normalized spacial score (nSPS) is 13.4. The average Bonchev–Trinajstić information content (AvgIpc) is 2.37. The number of aliphatic carboxylic acids is 1. The molecular formula is C13H16ClNO4. The zero-order valence-corrected chi connectivity index (χ0v) is 11.5. The molecule has 1 aromatic rings. The molecule has 2 atom stereocenters. The molecule has 1 aromatic carbocycles. The van der Waals surface area contributed by atoms with Crippen molar-refractivity contribution in [1.29, 1.82) is 0 Å². The number of hydrogen-bond acceptors (Lipinski definition) is 3. The molecule has 1 amide bonds. The highest BCUT2D eigenvalue weighted by molar-refractivity contribution is 6.32. The van der Waals surface area contributed by atoms with Crippen LogP contribution in [0, 0.1) is 0 Å².